The van der Waals surface area contributed by atoms with Crippen LogP contribution in [0.5, 0.6) is 0 Å². The summed E-state index contributed by atoms with van der Waals surface area (Å²) in [5, 5.41) is 37.9. The summed E-state index contributed by atoms with van der Waals surface area (Å²) in [4.78, 5) is 16.7. The van der Waals surface area contributed by atoms with Crippen molar-refractivity contribution < 1.29 is 24.9 Å². The lowest BCUT2D eigenvalue weighted by Gasteiger charge is -2.12. The summed E-state index contributed by atoms with van der Waals surface area (Å²) in [6, 6.07) is 3.59. The monoisotopic (exact) mass is 268 g/mol. The van der Waals surface area contributed by atoms with Crippen LogP contribution in [0.4, 0.5) is 0 Å². The zero-order valence-corrected chi connectivity index (χ0v) is 10.4. The molecule has 0 fully saturated rings. The Hall–Kier alpha value is -2.14. The number of aliphatic hydroxyl groups excluding tert-OH is 3. The quantitative estimate of drug-likeness (QED) is 0.395. The highest BCUT2D eigenvalue weighted by Gasteiger charge is 2.08. The van der Waals surface area contributed by atoms with Crippen molar-refractivity contribution in [2.24, 2.45) is 0 Å². The minimum absolute atomic E-state index is 0.102. The molecule has 5 N–H and O–H groups in total. The van der Waals surface area contributed by atoms with E-state index in [0.717, 1.165) is 17.7 Å². The first kappa shape index (κ1) is 19.2. The van der Waals surface area contributed by atoms with Crippen LogP contribution in [0.2, 0.25) is 0 Å². The van der Waals surface area contributed by atoms with Crippen molar-refractivity contribution in [1.29, 1.82) is 10.8 Å². The Morgan fingerprint density at radius 2 is 1.37 bits per heavy atom. The number of hydrogen-bond donors (Lipinski definition) is 5. The highest BCUT2D eigenvalue weighted by Crippen LogP contribution is 2.19. The van der Waals surface area contributed by atoms with Crippen molar-refractivity contribution in [3.63, 3.8) is 0 Å². The molecule has 0 heterocycles. The van der Waals surface area contributed by atoms with E-state index < -0.39 is 0 Å². The first-order valence-corrected chi connectivity index (χ1v) is 5.08. The lowest BCUT2D eigenvalue weighted by Crippen LogP contribution is -2.02. The van der Waals surface area contributed by atoms with Crippen LogP contribution in [-0.2, 0) is 29.4 Å². The number of nitrogens with one attached hydrogen (secondary N) is 2. The molecule has 0 aromatic heterocycles. The van der Waals surface area contributed by atoms with Gasteiger partial charge in [0.15, 0.2) is 0 Å². The van der Waals surface area contributed by atoms with Crippen LogP contribution in [0, 0.1) is 17.7 Å². The summed E-state index contributed by atoms with van der Waals surface area (Å²) in [6.07, 6.45) is 1.50. The summed E-state index contributed by atoms with van der Waals surface area (Å²) in [7, 11) is 0. The van der Waals surface area contributed by atoms with Crippen molar-refractivity contribution in [1.82, 2.24) is 0 Å². The van der Waals surface area contributed by atoms with Gasteiger partial charge in [-0.25, -0.2) is 20.4 Å². The fraction of sp³-hybridized carbons (Fsp3) is 0.333. The SMILES string of the molecule is Cc1ccc(CO)c(CO)c1CO.N=C=O.N=C=O. The van der Waals surface area contributed by atoms with E-state index in [1.54, 1.807) is 6.07 Å². The van der Waals surface area contributed by atoms with E-state index in [9.17, 15) is 0 Å². The van der Waals surface area contributed by atoms with E-state index in [1.165, 1.54) is 0 Å². The van der Waals surface area contributed by atoms with Gasteiger partial charge in [0, 0.05) is 0 Å². The van der Waals surface area contributed by atoms with Gasteiger partial charge < -0.3 is 15.3 Å². The first-order chi connectivity index (χ1) is 9.07. The average Bonchev–Trinajstić information content (AvgIpc) is 2.40. The predicted molar refractivity (Wildman–Crippen MR) is 65.8 cm³/mol. The maximum Gasteiger partial charge on any atom is 0.231 e. The third-order valence-corrected chi connectivity index (χ3v) is 2.25. The highest BCUT2D eigenvalue weighted by molar-refractivity contribution is 5.39. The predicted octanol–water partition coefficient (Wildman–Crippen LogP) is 0.274. The average molecular weight is 268 g/mol. The van der Waals surface area contributed by atoms with Gasteiger partial charge in [-0.3, -0.25) is 0 Å². The van der Waals surface area contributed by atoms with E-state index in [1.807, 2.05) is 13.0 Å². The number of hydrogen-bond acceptors (Lipinski definition) is 7. The van der Waals surface area contributed by atoms with Gasteiger partial charge in [-0.2, -0.15) is 0 Å². The molecule has 0 bridgehead atoms. The van der Waals surface area contributed by atoms with Crippen molar-refractivity contribution in [2.75, 3.05) is 0 Å². The lowest BCUT2D eigenvalue weighted by molar-refractivity contribution is 0.247. The summed E-state index contributed by atoms with van der Waals surface area (Å²) >= 11 is 0. The van der Waals surface area contributed by atoms with Gasteiger partial charge in [-0.05, 0) is 29.2 Å². The van der Waals surface area contributed by atoms with Crippen LogP contribution in [0.3, 0.4) is 0 Å². The molecule has 7 nitrogen and oxygen atoms in total. The molecular weight excluding hydrogens is 252 g/mol. The number of benzene rings is 1. The third kappa shape index (κ3) is 7.00. The fourth-order valence-electron chi connectivity index (χ4n) is 1.42. The molecular formula is C12H16N2O5. The topological polar surface area (TPSA) is 143 Å². The third-order valence-electron chi connectivity index (χ3n) is 2.25. The Balaban J connectivity index is 0. The molecule has 0 saturated heterocycles. The van der Waals surface area contributed by atoms with Gasteiger partial charge in [0.05, 0.1) is 19.8 Å². The van der Waals surface area contributed by atoms with Gasteiger partial charge >= 0.3 is 0 Å². The maximum absolute atomic E-state index is 9.06. The van der Waals surface area contributed by atoms with E-state index in [4.69, 9.17) is 35.7 Å². The van der Waals surface area contributed by atoms with Crippen LogP contribution in [-0.4, -0.2) is 27.5 Å². The van der Waals surface area contributed by atoms with E-state index >= 15 is 0 Å². The zero-order valence-electron chi connectivity index (χ0n) is 10.4. The molecule has 0 aliphatic rings. The number of rotatable bonds is 3. The summed E-state index contributed by atoms with van der Waals surface area (Å²) in [5.74, 6) is 0. The Labute approximate surface area is 110 Å². The van der Waals surface area contributed by atoms with Gasteiger partial charge in [-0.15, -0.1) is 0 Å². The number of aliphatic hydroxyl groups is 3. The minimum atomic E-state index is -0.145. The largest absolute Gasteiger partial charge is 0.392 e. The second-order valence-corrected chi connectivity index (χ2v) is 3.18. The molecule has 0 saturated carbocycles. The second kappa shape index (κ2) is 12.3. The molecule has 0 spiro atoms. The highest BCUT2D eigenvalue weighted by atomic mass is 16.3. The van der Waals surface area contributed by atoms with Gasteiger partial charge in [-0.1, -0.05) is 12.1 Å². The standard InChI is InChI=1S/C10H14O3.2CHNO/c1-7-2-3-8(4-11)10(6-13)9(7)5-12;2*2-1-3/h2-3,11-13H,4-6H2,1H3;2*2H. The van der Waals surface area contributed by atoms with Crippen LogP contribution >= 0.6 is 0 Å². The molecule has 1 aromatic carbocycles. The molecule has 0 atom stereocenters. The van der Waals surface area contributed by atoms with Crippen LogP contribution in [0.15, 0.2) is 12.1 Å². The molecule has 0 aliphatic carbocycles. The number of isocyanates is 2. The zero-order chi connectivity index (χ0) is 15.3. The Morgan fingerprint density at radius 1 is 0.947 bits per heavy atom. The normalized spacial score (nSPS) is 8.00. The van der Waals surface area contributed by atoms with Crippen molar-refractivity contribution in [3.05, 3.63) is 34.4 Å². The Morgan fingerprint density at radius 3 is 1.68 bits per heavy atom. The van der Waals surface area contributed by atoms with Gasteiger partial charge in [0.25, 0.3) is 0 Å². The molecule has 0 unspecified atom stereocenters. The van der Waals surface area contributed by atoms with Crippen LogP contribution in [0.25, 0.3) is 0 Å². The Bertz CT molecular complexity index is 436. The van der Waals surface area contributed by atoms with Crippen molar-refractivity contribution >= 4 is 12.2 Å². The van der Waals surface area contributed by atoms with Crippen molar-refractivity contribution in [2.45, 2.75) is 26.7 Å². The molecule has 0 amide bonds. The molecule has 19 heavy (non-hydrogen) atoms. The summed E-state index contributed by atoms with van der Waals surface area (Å²) < 4.78 is 0. The van der Waals surface area contributed by atoms with Crippen molar-refractivity contribution in [3.8, 4) is 0 Å². The molecule has 7 heteroatoms. The Kier molecular flexibility index (Phi) is 12.5. The van der Waals surface area contributed by atoms with E-state index in [2.05, 4.69) is 0 Å². The number of aryl methyl sites for hydroxylation is 1. The van der Waals surface area contributed by atoms with E-state index in [-0.39, 0.29) is 19.8 Å². The first-order valence-electron chi connectivity index (χ1n) is 5.08. The minimum Gasteiger partial charge on any atom is -0.392 e. The molecule has 0 radical (unpaired) electrons. The second-order valence-electron chi connectivity index (χ2n) is 3.18. The molecule has 0 aliphatic heterocycles. The molecule has 104 valence electrons. The van der Waals surface area contributed by atoms with E-state index in [0.29, 0.717) is 16.7 Å². The molecule has 1 rings (SSSR count). The fourth-order valence-corrected chi connectivity index (χ4v) is 1.42. The lowest BCUT2D eigenvalue weighted by atomic mass is 9.98. The van der Waals surface area contributed by atoms with Gasteiger partial charge in [0.1, 0.15) is 0 Å². The smallest absolute Gasteiger partial charge is 0.231 e. The maximum atomic E-state index is 9.06. The van der Waals surface area contributed by atoms with Gasteiger partial charge in [0.2, 0.25) is 12.2 Å². The number of carbonyl (C=O) groups excluding carboxylic acids is 2. The summed E-state index contributed by atoms with van der Waals surface area (Å²) in [6.45, 7) is 1.51. The van der Waals surface area contributed by atoms with Crippen LogP contribution < -0.4 is 0 Å². The molecule has 1 aromatic rings. The van der Waals surface area contributed by atoms with Crippen LogP contribution in [0.1, 0.15) is 22.3 Å². The summed E-state index contributed by atoms with van der Waals surface area (Å²) in [5.41, 5.74) is 2.97.